The van der Waals surface area contributed by atoms with Crippen LogP contribution in [0, 0.1) is 5.92 Å². The Morgan fingerprint density at radius 1 is 1.14 bits per heavy atom. The topological polar surface area (TPSA) is 62.7 Å². The lowest BCUT2D eigenvalue weighted by Crippen LogP contribution is -2.49. The number of rotatable bonds is 6. The summed E-state index contributed by atoms with van der Waals surface area (Å²) in [6, 6.07) is 11.8. The smallest absolute Gasteiger partial charge is 0.309 e. The molecule has 0 unspecified atom stereocenters. The molecule has 1 fully saturated rings. The van der Waals surface area contributed by atoms with E-state index in [4.69, 9.17) is 9.84 Å². The monoisotopic (exact) mass is 298 g/mol. The minimum Gasteiger partial charge on any atom is -0.489 e. The zero-order chi connectivity index (χ0) is 15.4. The summed E-state index contributed by atoms with van der Waals surface area (Å²) in [7, 11) is 0. The molecule has 0 aliphatic carbocycles. The lowest BCUT2D eigenvalue weighted by Gasteiger charge is -2.36. The second-order valence-electron chi connectivity index (χ2n) is 5.52. The van der Waals surface area contributed by atoms with E-state index in [1.54, 1.807) is 12.4 Å². The SMILES string of the molecule is O=C(O)C1CN(Cc2ccc(OCc3ccncc3)cc2)C1. The van der Waals surface area contributed by atoms with Crippen LogP contribution in [0.15, 0.2) is 48.8 Å². The first-order chi connectivity index (χ1) is 10.7. The minimum atomic E-state index is -0.698. The van der Waals surface area contributed by atoms with Crippen LogP contribution >= 0.6 is 0 Å². The van der Waals surface area contributed by atoms with Gasteiger partial charge in [0.25, 0.3) is 0 Å². The van der Waals surface area contributed by atoms with Crippen molar-refractivity contribution in [3.05, 3.63) is 59.9 Å². The van der Waals surface area contributed by atoms with Crippen LogP contribution in [0.5, 0.6) is 5.75 Å². The van der Waals surface area contributed by atoms with E-state index in [-0.39, 0.29) is 5.92 Å². The van der Waals surface area contributed by atoms with Crippen LogP contribution in [0.2, 0.25) is 0 Å². The third-order valence-electron chi connectivity index (χ3n) is 3.79. The Hall–Kier alpha value is -2.40. The Labute approximate surface area is 129 Å². The maximum atomic E-state index is 10.8. The number of hydrogen-bond donors (Lipinski definition) is 1. The zero-order valence-electron chi connectivity index (χ0n) is 12.2. The summed E-state index contributed by atoms with van der Waals surface area (Å²) in [5.41, 5.74) is 2.25. The number of aliphatic carboxylic acids is 1. The van der Waals surface area contributed by atoms with Crippen molar-refractivity contribution in [2.75, 3.05) is 13.1 Å². The summed E-state index contributed by atoms with van der Waals surface area (Å²) in [5.74, 6) is -0.0772. The number of benzene rings is 1. The van der Waals surface area contributed by atoms with Gasteiger partial charge < -0.3 is 9.84 Å². The van der Waals surface area contributed by atoms with Gasteiger partial charge in [0.2, 0.25) is 0 Å². The Bertz CT molecular complexity index is 622. The van der Waals surface area contributed by atoms with Gasteiger partial charge in [0.15, 0.2) is 0 Å². The van der Waals surface area contributed by atoms with E-state index >= 15 is 0 Å². The predicted molar refractivity (Wildman–Crippen MR) is 81.4 cm³/mol. The van der Waals surface area contributed by atoms with Gasteiger partial charge in [0.1, 0.15) is 12.4 Å². The lowest BCUT2D eigenvalue weighted by atomic mass is 10.00. The fourth-order valence-electron chi connectivity index (χ4n) is 2.45. The number of nitrogens with zero attached hydrogens (tertiary/aromatic N) is 2. The van der Waals surface area contributed by atoms with Gasteiger partial charge in [-0.15, -0.1) is 0 Å². The molecule has 1 aromatic heterocycles. The molecule has 0 saturated carbocycles. The molecule has 1 aromatic carbocycles. The molecular weight excluding hydrogens is 280 g/mol. The summed E-state index contributed by atoms with van der Waals surface area (Å²) in [6.45, 7) is 2.58. The number of ether oxygens (including phenoxy) is 1. The van der Waals surface area contributed by atoms with Crippen LogP contribution in [-0.2, 0) is 17.9 Å². The van der Waals surface area contributed by atoms with Gasteiger partial charge in [0, 0.05) is 32.0 Å². The average molecular weight is 298 g/mol. The molecule has 0 spiro atoms. The van der Waals surface area contributed by atoms with E-state index in [2.05, 4.69) is 9.88 Å². The molecule has 2 heterocycles. The number of carboxylic acids is 1. The summed E-state index contributed by atoms with van der Waals surface area (Å²) >= 11 is 0. The minimum absolute atomic E-state index is 0.206. The average Bonchev–Trinajstić information content (AvgIpc) is 2.50. The van der Waals surface area contributed by atoms with Gasteiger partial charge in [-0.25, -0.2) is 0 Å². The van der Waals surface area contributed by atoms with Crippen LogP contribution in [-0.4, -0.2) is 34.0 Å². The maximum Gasteiger partial charge on any atom is 0.309 e. The van der Waals surface area contributed by atoms with Crippen molar-refractivity contribution in [1.82, 2.24) is 9.88 Å². The highest BCUT2D eigenvalue weighted by molar-refractivity contribution is 5.71. The third-order valence-corrected chi connectivity index (χ3v) is 3.79. The first-order valence-corrected chi connectivity index (χ1v) is 7.26. The van der Waals surface area contributed by atoms with Crippen LogP contribution < -0.4 is 4.74 Å². The van der Waals surface area contributed by atoms with E-state index in [1.807, 2.05) is 36.4 Å². The molecule has 0 amide bonds. The fraction of sp³-hybridized carbons (Fsp3) is 0.294. The van der Waals surface area contributed by atoms with Crippen LogP contribution in [0.1, 0.15) is 11.1 Å². The van der Waals surface area contributed by atoms with E-state index < -0.39 is 5.97 Å². The van der Waals surface area contributed by atoms with E-state index in [1.165, 1.54) is 5.56 Å². The highest BCUT2D eigenvalue weighted by Gasteiger charge is 2.31. The van der Waals surface area contributed by atoms with E-state index in [0.717, 1.165) is 17.9 Å². The molecule has 0 atom stereocenters. The van der Waals surface area contributed by atoms with Gasteiger partial charge >= 0.3 is 5.97 Å². The molecule has 22 heavy (non-hydrogen) atoms. The van der Waals surface area contributed by atoms with Gasteiger partial charge in [-0.1, -0.05) is 12.1 Å². The third kappa shape index (κ3) is 3.62. The lowest BCUT2D eigenvalue weighted by molar-refractivity contribution is -0.147. The maximum absolute atomic E-state index is 10.8. The van der Waals surface area contributed by atoms with Crippen molar-refractivity contribution in [3.63, 3.8) is 0 Å². The molecule has 5 nitrogen and oxygen atoms in total. The first-order valence-electron chi connectivity index (χ1n) is 7.26. The second kappa shape index (κ2) is 6.58. The largest absolute Gasteiger partial charge is 0.489 e. The molecule has 3 rings (SSSR count). The van der Waals surface area contributed by atoms with Crippen LogP contribution in [0.25, 0.3) is 0 Å². The van der Waals surface area contributed by atoms with Gasteiger partial charge in [-0.05, 0) is 35.4 Å². The van der Waals surface area contributed by atoms with Gasteiger partial charge in [0.05, 0.1) is 5.92 Å². The molecule has 1 aliphatic rings. The van der Waals surface area contributed by atoms with Crippen molar-refractivity contribution >= 4 is 5.97 Å². The number of carbonyl (C=O) groups is 1. The number of hydrogen-bond acceptors (Lipinski definition) is 4. The fourth-order valence-corrected chi connectivity index (χ4v) is 2.45. The Morgan fingerprint density at radius 2 is 1.82 bits per heavy atom. The Morgan fingerprint density at radius 3 is 2.45 bits per heavy atom. The van der Waals surface area contributed by atoms with Crippen molar-refractivity contribution in [2.45, 2.75) is 13.2 Å². The molecular formula is C17H18N2O3. The molecule has 114 valence electrons. The van der Waals surface area contributed by atoms with E-state index in [0.29, 0.717) is 19.7 Å². The molecule has 1 N–H and O–H groups in total. The summed E-state index contributed by atoms with van der Waals surface area (Å²) < 4.78 is 5.72. The second-order valence-corrected chi connectivity index (χ2v) is 5.52. The number of pyridine rings is 1. The molecule has 1 aliphatic heterocycles. The standard InChI is InChI=1S/C17H18N2O3/c20-17(21)15-10-19(11-15)9-13-1-3-16(4-2-13)22-12-14-5-7-18-8-6-14/h1-8,15H,9-12H2,(H,20,21). The van der Waals surface area contributed by atoms with Crippen molar-refractivity contribution in [2.24, 2.45) is 5.92 Å². The van der Waals surface area contributed by atoms with Crippen molar-refractivity contribution in [1.29, 1.82) is 0 Å². The molecule has 0 bridgehead atoms. The summed E-state index contributed by atoms with van der Waals surface area (Å²) in [5, 5.41) is 8.86. The zero-order valence-corrected chi connectivity index (χ0v) is 12.2. The number of likely N-dealkylation sites (tertiary alicyclic amines) is 1. The molecule has 5 heteroatoms. The molecule has 1 saturated heterocycles. The van der Waals surface area contributed by atoms with Crippen molar-refractivity contribution in [3.8, 4) is 5.75 Å². The summed E-state index contributed by atoms with van der Waals surface area (Å²) in [4.78, 5) is 16.9. The van der Waals surface area contributed by atoms with Crippen LogP contribution in [0.3, 0.4) is 0 Å². The first kappa shape index (κ1) is 14.5. The van der Waals surface area contributed by atoms with Crippen molar-refractivity contribution < 1.29 is 14.6 Å². The molecule has 2 aromatic rings. The Kier molecular flexibility index (Phi) is 4.34. The van der Waals surface area contributed by atoms with Crippen LogP contribution in [0.4, 0.5) is 0 Å². The number of carboxylic acid groups (broad SMARTS) is 1. The number of aromatic nitrogens is 1. The van der Waals surface area contributed by atoms with Gasteiger partial charge in [-0.2, -0.15) is 0 Å². The quantitative estimate of drug-likeness (QED) is 0.885. The highest BCUT2D eigenvalue weighted by Crippen LogP contribution is 2.20. The van der Waals surface area contributed by atoms with Gasteiger partial charge in [-0.3, -0.25) is 14.7 Å². The normalized spacial score (nSPS) is 15.3. The molecule has 0 radical (unpaired) electrons. The summed E-state index contributed by atoms with van der Waals surface area (Å²) in [6.07, 6.45) is 3.50. The predicted octanol–water partition coefficient (Wildman–Crippen LogP) is 2.18. The Balaban J connectivity index is 1.47. The van der Waals surface area contributed by atoms with E-state index in [9.17, 15) is 4.79 Å². The highest BCUT2D eigenvalue weighted by atomic mass is 16.5.